The molecule has 0 fully saturated rings. The lowest BCUT2D eigenvalue weighted by Gasteiger charge is -2.36. The summed E-state index contributed by atoms with van der Waals surface area (Å²) < 4.78 is 27.4. The van der Waals surface area contributed by atoms with Crippen LogP contribution in [0, 0.1) is 23.7 Å². The van der Waals surface area contributed by atoms with Gasteiger partial charge in [0.2, 0.25) is 5.91 Å². The first-order valence-corrected chi connectivity index (χ1v) is 10.1. The van der Waals surface area contributed by atoms with Gasteiger partial charge in [-0.05, 0) is 67.3 Å². The zero-order valence-corrected chi connectivity index (χ0v) is 18.8. The van der Waals surface area contributed by atoms with Gasteiger partial charge in [-0.3, -0.25) is 19.6 Å². The number of carbonyl (C=O) groups is 3. The monoisotopic (exact) mass is 487 g/mol. The number of benzene rings is 2. The maximum atomic E-state index is 13.7. The molecule has 0 aliphatic heterocycles. The molecule has 2 aromatic rings. The Morgan fingerprint density at radius 3 is 1.91 bits per heavy atom. The smallest absolute Gasteiger partial charge is 0.268 e. The minimum Gasteiger partial charge on any atom is -0.343 e. The molecular weight excluding hydrogens is 468 g/mol. The molecule has 2 aromatic carbocycles. The standard InChI is InChI=1S/C24H20ClF2N3O4/c1-15(31)29-24(2,23(26)27)20(22(33)30-34)28-21(32)18-11-7-16(8-12-18)5-3-4-6-17-9-13-19(25)14-10-17/h7-14,20,23,34H,1-2H3,(H,28,32)(H,29,31)(H,30,33). The number of hydrogen-bond acceptors (Lipinski definition) is 4. The topological polar surface area (TPSA) is 108 Å². The second-order valence-electron chi connectivity index (χ2n) is 7.23. The minimum absolute atomic E-state index is 0.0352. The molecule has 10 heteroatoms. The van der Waals surface area contributed by atoms with Crippen LogP contribution in [0.25, 0.3) is 0 Å². The van der Waals surface area contributed by atoms with Crippen LogP contribution in [0.4, 0.5) is 8.78 Å². The van der Waals surface area contributed by atoms with Gasteiger partial charge in [-0.1, -0.05) is 23.4 Å². The summed E-state index contributed by atoms with van der Waals surface area (Å²) in [6.07, 6.45) is -3.24. The van der Waals surface area contributed by atoms with Crippen molar-refractivity contribution in [2.45, 2.75) is 31.9 Å². The van der Waals surface area contributed by atoms with E-state index in [2.05, 4.69) is 29.0 Å². The van der Waals surface area contributed by atoms with E-state index in [9.17, 15) is 23.2 Å². The zero-order valence-electron chi connectivity index (χ0n) is 18.1. The number of nitrogens with one attached hydrogen (secondary N) is 3. The fraction of sp³-hybridized carbons (Fsp3) is 0.208. The molecule has 7 nitrogen and oxygen atoms in total. The van der Waals surface area contributed by atoms with Crippen molar-refractivity contribution >= 4 is 29.3 Å². The van der Waals surface area contributed by atoms with Crippen LogP contribution in [-0.4, -0.2) is 40.9 Å². The van der Waals surface area contributed by atoms with Crippen LogP contribution in [0.5, 0.6) is 0 Å². The summed E-state index contributed by atoms with van der Waals surface area (Å²) in [5.41, 5.74) is 0.0516. The second kappa shape index (κ2) is 11.8. The number of amides is 3. The van der Waals surface area contributed by atoms with E-state index < -0.39 is 35.7 Å². The lowest BCUT2D eigenvalue weighted by molar-refractivity contribution is -0.137. The van der Waals surface area contributed by atoms with E-state index in [1.165, 1.54) is 29.7 Å². The van der Waals surface area contributed by atoms with Gasteiger partial charge in [-0.15, -0.1) is 0 Å². The highest BCUT2D eigenvalue weighted by Gasteiger charge is 2.48. The molecule has 0 aromatic heterocycles. The summed E-state index contributed by atoms with van der Waals surface area (Å²) in [6.45, 7) is 1.86. The van der Waals surface area contributed by atoms with Gasteiger partial charge in [0.25, 0.3) is 18.2 Å². The molecule has 0 aliphatic carbocycles. The van der Waals surface area contributed by atoms with E-state index in [-0.39, 0.29) is 5.56 Å². The summed E-state index contributed by atoms with van der Waals surface area (Å²) in [5.74, 6) is 7.94. The normalized spacial score (nSPS) is 12.7. The van der Waals surface area contributed by atoms with Gasteiger partial charge in [0, 0.05) is 28.6 Å². The van der Waals surface area contributed by atoms with E-state index >= 15 is 0 Å². The van der Waals surface area contributed by atoms with Gasteiger partial charge in [-0.25, -0.2) is 14.3 Å². The average Bonchev–Trinajstić information content (AvgIpc) is 2.80. The Morgan fingerprint density at radius 1 is 0.971 bits per heavy atom. The Morgan fingerprint density at radius 2 is 1.47 bits per heavy atom. The third-order valence-corrected chi connectivity index (χ3v) is 4.87. The third-order valence-electron chi connectivity index (χ3n) is 4.61. The van der Waals surface area contributed by atoms with Gasteiger partial charge in [0.1, 0.15) is 11.6 Å². The lowest BCUT2D eigenvalue weighted by Crippen LogP contribution is -2.68. The molecule has 0 bridgehead atoms. The quantitative estimate of drug-likeness (QED) is 0.285. The molecule has 0 heterocycles. The number of halogens is 3. The number of alkyl halides is 2. The van der Waals surface area contributed by atoms with Crippen molar-refractivity contribution < 1.29 is 28.4 Å². The van der Waals surface area contributed by atoms with E-state index in [4.69, 9.17) is 16.8 Å². The van der Waals surface area contributed by atoms with Crippen LogP contribution in [0.3, 0.4) is 0 Å². The van der Waals surface area contributed by atoms with Crippen LogP contribution < -0.4 is 16.1 Å². The molecule has 3 amide bonds. The van der Waals surface area contributed by atoms with E-state index in [0.717, 1.165) is 19.4 Å². The number of hydrogen-bond donors (Lipinski definition) is 4. The van der Waals surface area contributed by atoms with E-state index in [1.54, 1.807) is 24.3 Å². The summed E-state index contributed by atoms with van der Waals surface area (Å²) in [5, 5.41) is 13.6. The Balaban J connectivity index is 2.17. The average molecular weight is 488 g/mol. The molecule has 176 valence electrons. The van der Waals surface area contributed by atoms with Crippen molar-refractivity contribution in [1.29, 1.82) is 0 Å². The Bertz CT molecular complexity index is 1180. The zero-order chi connectivity index (χ0) is 25.3. The molecule has 0 saturated heterocycles. The van der Waals surface area contributed by atoms with Gasteiger partial charge < -0.3 is 10.6 Å². The molecule has 2 unspecified atom stereocenters. The minimum atomic E-state index is -3.24. The van der Waals surface area contributed by atoms with Crippen LogP contribution >= 0.6 is 11.6 Å². The highest BCUT2D eigenvalue weighted by atomic mass is 35.5. The number of carbonyl (C=O) groups excluding carboxylic acids is 3. The second-order valence-corrected chi connectivity index (χ2v) is 7.67. The summed E-state index contributed by atoms with van der Waals surface area (Å²) in [7, 11) is 0. The van der Waals surface area contributed by atoms with E-state index in [1.807, 2.05) is 5.32 Å². The van der Waals surface area contributed by atoms with Crippen molar-refractivity contribution in [3.63, 3.8) is 0 Å². The van der Waals surface area contributed by atoms with Crippen molar-refractivity contribution in [3.8, 4) is 23.7 Å². The predicted molar refractivity (Wildman–Crippen MR) is 121 cm³/mol. The lowest BCUT2D eigenvalue weighted by atomic mass is 9.91. The first-order valence-electron chi connectivity index (χ1n) is 9.76. The first-order chi connectivity index (χ1) is 16.1. The molecule has 0 saturated carbocycles. The molecule has 2 atom stereocenters. The Hall–Kier alpha value is -3.92. The maximum absolute atomic E-state index is 13.7. The summed E-state index contributed by atoms with van der Waals surface area (Å²) in [4.78, 5) is 36.0. The van der Waals surface area contributed by atoms with E-state index in [0.29, 0.717) is 10.6 Å². The van der Waals surface area contributed by atoms with Gasteiger partial charge in [0.15, 0.2) is 0 Å². The van der Waals surface area contributed by atoms with Crippen LogP contribution in [0.15, 0.2) is 48.5 Å². The largest absolute Gasteiger partial charge is 0.343 e. The van der Waals surface area contributed by atoms with Crippen molar-refractivity contribution in [1.82, 2.24) is 16.1 Å². The number of hydroxylamine groups is 1. The van der Waals surface area contributed by atoms with Gasteiger partial charge in [-0.2, -0.15) is 0 Å². The Labute approximate surface area is 199 Å². The predicted octanol–water partition coefficient (Wildman–Crippen LogP) is 2.51. The molecule has 34 heavy (non-hydrogen) atoms. The van der Waals surface area contributed by atoms with Crippen LogP contribution in [-0.2, 0) is 9.59 Å². The van der Waals surface area contributed by atoms with Crippen LogP contribution in [0.1, 0.15) is 35.3 Å². The molecule has 0 aliphatic rings. The van der Waals surface area contributed by atoms with Crippen molar-refractivity contribution in [3.05, 3.63) is 70.2 Å². The van der Waals surface area contributed by atoms with Gasteiger partial charge in [0.05, 0.1) is 0 Å². The number of rotatable bonds is 6. The first kappa shape index (κ1) is 26.3. The fourth-order valence-electron chi connectivity index (χ4n) is 2.84. The highest BCUT2D eigenvalue weighted by Crippen LogP contribution is 2.21. The van der Waals surface area contributed by atoms with Crippen molar-refractivity contribution in [2.24, 2.45) is 0 Å². The summed E-state index contributed by atoms with van der Waals surface area (Å²) >= 11 is 5.81. The van der Waals surface area contributed by atoms with Gasteiger partial charge >= 0.3 is 0 Å². The van der Waals surface area contributed by atoms with Crippen molar-refractivity contribution in [2.75, 3.05) is 0 Å². The Kier molecular flexibility index (Phi) is 9.14. The fourth-order valence-corrected chi connectivity index (χ4v) is 2.97. The third kappa shape index (κ3) is 7.04. The molecule has 4 N–H and O–H groups in total. The molecule has 0 spiro atoms. The molecular formula is C24H20ClF2N3O4. The highest BCUT2D eigenvalue weighted by molar-refractivity contribution is 6.30. The maximum Gasteiger partial charge on any atom is 0.268 e. The van der Waals surface area contributed by atoms with Crippen LogP contribution in [0.2, 0.25) is 5.02 Å². The SMILES string of the molecule is CC(=O)NC(C)(C(F)F)C(NC(=O)c1ccc(C#CC#Cc2ccc(Cl)cc2)cc1)C(=O)NO. The molecule has 0 radical (unpaired) electrons. The summed E-state index contributed by atoms with van der Waals surface area (Å²) in [6, 6.07) is 10.7. The molecule has 2 rings (SSSR count).